The van der Waals surface area contributed by atoms with E-state index in [0.717, 1.165) is 0 Å². The lowest BCUT2D eigenvalue weighted by atomic mass is 10.3. The summed E-state index contributed by atoms with van der Waals surface area (Å²) in [6.07, 6.45) is 2.02. The van der Waals surface area contributed by atoms with Crippen molar-refractivity contribution in [2.24, 2.45) is 0 Å². The number of allylic oxidation sites excluding steroid dienone is 2. The Morgan fingerprint density at radius 1 is 1.57 bits per heavy atom. The highest BCUT2D eigenvalue weighted by atomic mass is 35.5. The molecular weight excluding hydrogens is 108 g/mol. The van der Waals surface area contributed by atoms with Crippen LogP contribution in [0.3, 0.4) is 0 Å². The summed E-state index contributed by atoms with van der Waals surface area (Å²) in [5.41, 5.74) is 1.28. The van der Waals surface area contributed by atoms with Crippen LogP contribution in [0.5, 0.6) is 0 Å². The molecule has 42 valence electrons. The lowest BCUT2D eigenvalue weighted by Gasteiger charge is -1.90. The number of hydrogen-bond acceptors (Lipinski definition) is 0. The second-order valence-corrected chi connectivity index (χ2v) is 2.61. The maximum atomic E-state index is 5.60. The summed E-state index contributed by atoms with van der Waals surface area (Å²) >= 11 is 5.60. The van der Waals surface area contributed by atoms with Gasteiger partial charge in [0.05, 0.1) is 0 Å². The third kappa shape index (κ3) is 6.03. The number of halogens is 1. The molecule has 0 heterocycles. The molecule has 0 nitrogen and oxygen atoms in total. The number of alkyl halides is 1. The molecule has 0 aromatic carbocycles. The van der Waals surface area contributed by atoms with Crippen molar-refractivity contribution in [1.82, 2.24) is 0 Å². The van der Waals surface area contributed by atoms with Crippen molar-refractivity contribution < 1.29 is 0 Å². The predicted octanol–water partition coefficient (Wildman–Crippen LogP) is 2.58. The fourth-order valence-electron chi connectivity index (χ4n) is 0.459. The van der Waals surface area contributed by atoms with Gasteiger partial charge in [0.1, 0.15) is 0 Å². The molecule has 0 aliphatic heterocycles. The van der Waals surface area contributed by atoms with E-state index in [9.17, 15) is 0 Å². The monoisotopic (exact) mass is 118 g/mol. The Hall–Kier alpha value is 0.0300. The second kappa shape index (κ2) is 3.09. The second-order valence-electron chi connectivity index (χ2n) is 1.92. The molecule has 0 saturated heterocycles. The largest absolute Gasteiger partial charge is 0.119 e. The van der Waals surface area contributed by atoms with E-state index in [4.69, 9.17) is 11.6 Å². The Balaban J connectivity index is 3.45. The van der Waals surface area contributed by atoms with Crippen molar-refractivity contribution in [2.45, 2.75) is 26.1 Å². The van der Waals surface area contributed by atoms with Crippen LogP contribution in [0.1, 0.15) is 20.8 Å². The normalized spacial score (nSPS) is 13.1. The topological polar surface area (TPSA) is 0 Å². The van der Waals surface area contributed by atoms with Crippen LogP contribution in [0.4, 0.5) is 0 Å². The Kier molecular flexibility index (Phi) is 3.10. The van der Waals surface area contributed by atoms with Gasteiger partial charge in [0.25, 0.3) is 0 Å². The Morgan fingerprint density at radius 2 is 2.00 bits per heavy atom. The minimum absolute atomic E-state index is 0.185. The molecule has 0 amide bonds. The van der Waals surface area contributed by atoms with Crippen LogP contribution in [-0.2, 0) is 0 Å². The van der Waals surface area contributed by atoms with E-state index in [0.29, 0.717) is 0 Å². The summed E-state index contributed by atoms with van der Waals surface area (Å²) < 4.78 is 0. The van der Waals surface area contributed by atoms with Gasteiger partial charge < -0.3 is 0 Å². The van der Waals surface area contributed by atoms with Crippen molar-refractivity contribution >= 4 is 11.6 Å². The molecule has 0 aromatic heterocycles. The molecule has 7 heavy (non-hydrogen) atoms. The van der Waals surface area contributed by atoms with E-state index in [-0.39, 0.29) is 5.38 Å². The quantitative estimate of drug-likeness (QED) is 0.367. The van der Waals surface area contributed by atoms with Crippen LogP contribution in [0.25, 0.3) is 0 Å². The van der Waals surface area contributed by atoms with Gasteiger partial charge in [0.15, 0.2) is 0 Å². The average molecular weight is 119 g/mol. The van der Waals surface area contributed by atoms with Gasteiger partial charge in [-0.15, -0.1) is 11.6 Å². The molecule has 0 spiro atoms. The van der Waals surface area contributed by atoms with E-state index in [2.05, 4.69) is 0 Å². The van der Waals surface area contributed by atoms with Gasteiger partial charge in [-0.05, 0) is 20.8 Å². The van der Waals surface area contributed by atoms with E-state index in [1.54, 1.807) is 0 Å². The molecule has 0 aromatic rings. The average Bonchev–Trinajstić information content (AvgIpc) is 1.27. The fraction of sp³-hybridized carbons (Fsp3) is 0.667. The van der Waals surface area contributed by atoms with Crippen molar-refractivity contribution in [3.63, 3.8) is 0 Å². The first kappa shape index (κ1) is 7.03. The summed E-state index contributed by atoms with van der Waals surface area (Å²) in [6, 6.07) is 0. The summed E-state index contributed by atoms with van der Waals surface area (Å²) in [5.74, 6) is 0. The van der Waals surface area contributed by atoms with Gasteiger partial charge in [-0.2, -0.15) is 0 Å². The molecule has 0 aliphatic carbocycles. The minimum atomic E-state index is 0.185. The van der Waals surface area contributed by atoms with E-state index >= 15 is 0 Å². The first-order chi connectivity index (χ1) is 3.13. The van der Waals surface area contributed by atoms with Crippen LogP contribution >= 0.6 is 11.6 Å². The van der Waals surface area contributed by atoms with Gasteiger partial charge in [-0.1, -0.05) is 11.6 Å². The van der Waals surface area contributed by atoms with Crippen molar-refractivity contribution in [2.75, 3.05) is 0 Å². The first-order valence-electron chi connectivity index (χ1n) is 2.42. The van der Waals surface area contributed by atoms with Crippen LogP contribution in [0.2, 0.25) is 0 Å². The molecule has 1 unspecified atom stereocenters. The summed E-state index contributed by atoms with van der Waals surface area (Å²) in [6.45, 7) is 6.03. The Bertz CT molecular complexity index is 68.2. The minimum Gasteiger partial charge on any atom is -0.119 e. The van der Waals surface area contributed by atoms with Crippen LogP contribution < -0.4 is 0 Å². The molecule has 0 saturated carbocycles. The smallest absolute Gasteiger partial charge is 0.0490 e. The Morgan fingerprint density at radius 3 is 2.00 bits per heavy atom. The molecule has 1 atom stereocenters. The lowest BCUT2D eigenvalue weighted by molar-refractivity contribution is 1.18. The standard InChI is InChI=1S/C6H11Cl/c1-5(2)4-6(3)7/h4,6H,1-3H3. The molecule has 0 rings (SSSR count). The maximum absolute atomic E-state index is 5.60. The van der Waals surface area contributed by atoms with Crippen LogP contribution in [0.15, 0.2) is 11.6 Å². The fourth-order valence-corrected chi connectivity index (χ4v) is 0.711. The Labute approximate surface area is 50.2 Å². The highest BCUT2D eigenvalue weighted by molar-refractivity contribution is 6.21. The van der Waals surface area contributed by atoms with E-state index < -0.39 is 0 Å². The van der Waals surface area contributed by atoms with Gasteiger partial charge in [0, 0.05) is 5.38 Å². The van der Waals surface area contributed by atoms with Crippen molar-refractivity contribution in [3.05, 3.63) is 11.6 Å². The van der Waals surface area contributed by atoms with Gasteiger partial charge in [0.2, 0.25) is 0 Å². The zero-order valence-corrected chi connectivity index (χ0v) is 5.79. The number of hydrogen-bond donors (Lipinski definition) is 0. The van der Waals surface area contributed by atoms with Gasteiger partial charge in [-0.25, -0.2) is 0 Å². The molecule has 1 heteroatoms. The zero-order valence-electron chi connectivity index (χ0n) is 5.03. The van der Waals surface area contributed by atoms with Gasteiger partial charge in [-0.3, -0.25) is 0 Å². The third-order valence-corrected chi connectivity index (χ3v) is 0.689. The van der Waals surface area contributed by atoms with Gasteiger partial charge >= 0.3 is 0 Å². The third-order valence-electron chi connectivity index (χ3n) is 0.563. The molecule has 0 N–H and O–H groups in total. The summed E-state index contributed by atoms with van der Waals surface area (Å²) in [7, 11) is 0. The van der Waals surface area contributed by atoms with Crippen molar-refractivity contribution in [3.8, 4) is 0 Å². The van der Waals surface area contributed by atoms with Crippen LogP contribution in [-0.4, -0.2) is 5.38 Å². The number of rotatable bonds is 1. The first-order valence-corrected chi connectivity index (χ1v) is 2.85. The molecular formula is C6H11Cl. The van der Waals surface area contributed by atoms with E-state index in [1.807, 2.05) is 26.8 Å². The molecule has 0 radical (unpaired) electrons. The zero-order chi connectivity index (χ0) is 5.86. The SMILES string of the molecule is CC(C)=CC(C)Cl. The molecule has 0 bridgehead atoms. The lowest BCUT2D eigenvalue weighted by Crippen LogP contribution is -1.81. The molecule has 0 fully saturated rings. The highest BCUT2D eigenvalue weighted by Crippen LogP contribution is 1.99. The predicted molar refractivity (Wildman–Crippen MR) is 34.7 cm³/mol. The van der Waals surface area contributed by atoms with Crippen LogP contribution in [0, 0.1) is 0 Å². The summed E-state index contributed by atoms with van der Waals surface area (Å²) in [5, 5.41) is 0.185. The summed E-state index contributed by atoms with van der Waals surface area (Å²) in [4.78, 5) is 0. The van der Waals surface area contributed by atoms with E-state index in [1.165, 1.54) is 5.57 Å². The molecule has 0 aliphatic rings. The van der Waals surface area contributed by atoms with Crippen molar-refractivity contribution in [1.29, 1.82) is 0 Å². The highest BCUT2D eigenvalue weighted by Gasteiger charge is 1.84. The maximum Gasteiger partial charge on any atom is 0.0490 e.